The third-order valence-electron chi connectivity index (χ3n) is 2.10. The van der Waals surface area contributed by atoms with Crippen molar-refractivity contribution in [3.8, 4) is 0 Å². The van der Waals surface area contributed by atoms with Crippen molar-refractivity contribution in [1.29, 1.82) is 0 Å². The maximum absolute atomic E-state index is 9.66. The number of aliphatic hydroxyl groups is 1. The van der Waals surface area contributed by atoms with E-state index in [9.17, 15) is 5.11 Å². The van der Waals surface area contributed by atoms with Crippen LogP contribution >= 0.6 is 0 Å². The predicted octanol–water partition coefficient (Wildman–Crippen LogP) is 0.741. The van der Waals surface area contributed by atoms with Crippen LogP contribution in [0.15, 0.2) is 0 Å². The van der Waals surface area contributed by atoms with Crippen LogP contribution in [0.3, 0.4) is 0 Å². The van der Waals surface area contributed by atoms with Gasteiger partial charge in [0.05, 0.1) is 25.4 Å². The molecule has 0 fully saturated rings. The molecule has 15 heavy (non-hydrogen) atoms. The van der Waals surface area contributed by atoms with Gasteiger partial charge in [0.25, 0.3) is 0 Å². The standard InChI is InChI=1S/C11H25NO3/c1-5-6-12(3)7-11(13)9-15-10(2)8-14-4/h10-11,13H,5-9H2,1-4H3. The molecule has 1 N–H and O–H groups in total. The average Bonchev–Trinajstić information content (AvgIpc) is 2.15. The lowest BCUT2D eigenvalue weighted by Crippen LogP contribution is -2.34. The van der Waals surface area contributed by atoms with Crippen LogP contribution < -0.4 is 0 Å². The summed E-state index contributed by atoms with van der Waals surface area (Å²) in [6, 6.07) is 0. The minimum Gasteiger partial charge on any atom is -0.389 e. The number of likely N-dealkylation sites (N-methyl/N-ethyl adjacent to an activating group) is 1. The number of aliphatic hydroxyl groups excluding tert-OH is 1. The maximum Gasteiger partial charge on any atom is 0.0900 e. The van der Waals surface area contributed by atoms with Gasteiger partial charge in [0.1, 0.15) is 0 Å². The molecule has 0 aromatic heterocycles. The monoisotopic (exact) mass is 219 g/mol. The van der Waals surface area contributed by atoms with Crippen LogP contribution in [-0.2, 0) is 9.47 Å². The molecule has 2 atom stereocenters. The van der Waals surface area contributed by atoms with Gasteiger partial charge in [0.15, 0.2) is 0 Å². The molecule has 0 radical (unpaired) electrons. The Morgan fingerprint density at radius 2 is 2.00 bits per heavy atom. The van der Waals surface area contributed by atoms with Gasteiger partial charge in [0, 0.05) is 13.7 Å². The number of hydrogen-bond acceptors (Lipinski definition) is 4. The highest BCUT2D eigenvalue weighted by atomic mass is 16.5. The van der Waals surface area contributed by atoms with E-state index < -0.39 is 6.10 Å². The molecule has 4 nitrogen and oxygen atoms in total. The Kier molecular flexibility index (Phi) is 9.00. The van der Waals surface area contributed by atoms with Crippen LogP contribution in [-0.4, -0.2) is 62.7 Å². The molecule has 4 heteroatoms. The Morgan fingerprint density at radius 3 is 2.53 bits per heavy atom. The highest BCUT2D eigenvalue weighted by Crippen LogP contribution is 1.96. The highest BCUT2D eigenvalue weighted by molar-refractivity contribution is 4.61. The summed E-state index contributed by atoms with van der Waals surface area (Å²) < 4.78 is 10.4. The first kappa shape index (κ1) is 14.8. The Morgan fingerprint density at radius 1 is 1.33 bits per heavy atom. The molecule has 0 aromatic rings. The molecule has 2 unspecified atom stereocenters. The van der Waals surface area contributed by atoms with Gasteiger partial charge in [-0.05, 0) is 26.9 Å². The van der Waals surface area contributed by atoms with Gasteiger partial charge in [-0.2, -0.15) is 0 Å². The van der Waals surface area contributed by atoms with Gasteiger partial charge in [-0.1, -0.05) is 6.92 Å². The summed E-state index contributed by atoms with van der Waals surface area (Å²) in [6.07, 6.45) is 0.728. The minimum absolute atomic E-state index is 0.0427. The van der Waals surface area contributed by atoms with Crippen LogP contribution in [0.2, 0.25) is 0 Å². The van der Waals surface area contributed by atoms with Gasteiger partial charge >= 0.3 is 0 Å². The SMILES string of the molecule is CCCN(C)CC(O)COC(C)COC. The number of hydrogen-bond donors (Lipinski definition) is 1. The van der Waals surface area contributed by atoms with Crippen LogP contribution in [0.1, 0.15) is 20.3 Å². The summed E-state index contributed by atoms with van der Waals surface area (Å²) in [6.45, 7) is 6.67. The second-order valence-corrected chi connectivity index (χ2v) is 4.02. The summed E-state index contributed by atoms with van der Waals surface area (Å²) in [5.74, 6) is 0. The summed E-state index contributed by atoms with van der Waals surface area (Å²) in [5.41, 5.74) is 0. The zero-order valence-corrected chi connectivity index (χ0v) is 10.4. The molecule has 0 aromatic carbocycles. The molecule has 0 aliphatic heterocycles. The summed E-state index contributed by atoms with van der Waals surface area (Å²) in [7, 11) is 3.65. The van der Waals surface area contributed by atoms with Crippen LogP contribution in [0.5, 0.6) is 0 Å². The van der Waals surface area contributed by atoms with Gasteiger partial charge in [0.2, 0.25) is 0 Å². The quantitative estimate of drug-likeness (QED) is 0.621. The third-order valence-corrected chi connectivity index (χ3v) is 2.10. The minimum atomic E-state index is -0.416. The van der Waals surface area contributed by atoms with Gasteiger partial charge in [-0.3, -0.25) is 0 Å². The smallest absolute Gasteiger partial charge is 0.0900 e. The van der Waals surface area contributed by atoms with Crippen LogP contribution in [0.4, 0.5) is 0 Å². The lowest BCUT2D eigenvalue weighted by molar-refractivity contribution is -0.0380. The fourth-order valence-electron chi connectivity index (χ4n) is 1.44. The zero-order chi connectivity index (χ0) is 11.7. The molecule has 0 rings (SSSR count). The molecule has 92 valence electrons. The van der Waals surface area contributed by atoms with Gasteiger partial charge in [-0.25, -0.2) is 0 Å². The van der Waals surface area contributed by atoms with E-state index in [-0.39, 0.29) is 6.10 Å². The normalized spacial score (nSPS) is 15.6. The lowest BCUT2D eigenvalue weighted by atomic mass is 10.3. The lowest BCUT2D eigenvalue weighted by Gasteiger charge is -2.21. The second-order valence-electron chi connectivity index (χ2n) is 4.02. The third kappa shape index (κ3) is 8.81. The zero-order valence-electron chi connectivity index (χ0n) is 10.4. The van der Waals surface area contributed by atoms with Crippen molar-refractivity contribution >= 4 is 0 Å². The fourth-order valence-corrected chi connectivity index (χ4v) is 1.44. The molecule has 0 amide bonds. The molecule has 0 spiro atoms. The number of rotatable bonds is 9. The first-order chi connectivity index (χ1) is 7.10. The van der Waals surface area contributed by atoms with Crippen molar-refractivity contribution in [3.05, 3.63) is 0 Å². The molecule has 0 heterocycles. The van der Waals surface area contributed by atoms with Crippen LogP contribution in [0.25, 0.3) is 0 Å². The van der Waals surface area contributed by atoms with Crippen molar-refractivity contribution in [1.82, 2.24) is 4.90 Å². The summed E-state index contributed by atoms with van der Waals surface area (Å²) in [4.78, 5) is 2.11. The second kappa shape index (κ2) is 9.09. The van der Waals surface area contributed by atoms with Crippen molar-refractivity contribution in [2.45, 2.75) is 32.5 Å². The van der Waals surface area contributed by atoms with Crippen molar-refractivity contribution in [2.24, 2.45) is 0 Å². The van der Waals surface area contributed by atoms with E-state index in [0.717, 1.165) is 13.0 Å². The van der Waals surface area contributed by atoms with E-state index in [1.54, 1.807) is 7.11 Å². The average molecular weight is 219 g/mol. The molecule has 0 saturated carbocycles. The van der Waals surface area contributed by atoms with Gasteiger partial charge in [-0.15, -0.1) is 0 Å². The van der Waals surface area contributed by atoms with E-state index in [0.29, 0.717) is 19.8 Å². The van der Waals surface area contributed by atoms with E-state index in [1.807, 2.05) is 14.0 Å². The highest BCUT2D eigenvalue weighted by Gasteiger charge is 2.10. The molecular formula is C11H25NO3. The van der Waals surface area contributed by atoms with Crippen molar-refractivity contribution < 1.29 is 14.6 Å². The van der Waals surface area contributed by atoms with Crippen molar-refractivity contribution in [2.75, 3.05) is 40.5 Å². The Bertz CT molecular complexity index is 144. The Labute approximate surface area is 93.2 Å². The van der Waals surface area contributed by atoms with E-state index >= 15 is 0 Å². The molecule has 0 saturated heterocycles. The number of nitrogens with zero attached hydrogens (tertiary/aromatic N) is 1. The number of ether oxygens (including phenoxy) is 2. The topological polar surface area (TPSA) is 41.9 Å². The molecule has 0 aliphatic rings. The maximum atomic E-state index is 9.66. The van der Waals surface area contributed by atoms with Gasteiger partial charge < -0.3 is 19.5 Å². The molecule has 0 aliphatic carbocycles. The fraction of sp³-hybridized carbons (Fsp3) is 1.00. The number of methoxy groups -OCH3 is 1. The van der Waals surface area contributed by atoms with Crippen LogP contribution in [0, 0.1) is 0 Å². The van der Waals surface area contributed by atoms with E-state index in [2.05, 4.69) is 11.8 Å². The molecule has 0 bridgehead atoms. The molecular weight excluding hydrogens is 194 g/mol. The summed E-state index contributed by atoms with van der Waals surface area (Å²) in [5, 5.41) is 9.66. The predicted molar refractivity (Wildman–Crippen MR) is 61.1 cm³/mol. The van der Waals surface area contributed by atoms with Crippen molar-refractivity contribution in [3.63, 3.8) is 0 Å². The Balaban J connectivity index is 3.51. The first-order valence-corrected chi connectivity index (χ1v) is 5.57. The van der Waals surface area contributed by atoms with E-state index in [4.69, 9.17) is 9.47 Å². The summed E-state index contributed by atoms with van der Waals surface area (Å²) >= 11 is 0. The first-order valence-electron chi connectivity index (χ1n) is 5.57. The largest absolute Gasteiger partial charge is 0.389 e. The Hall–Kier alpha value is -0.160. The van der Waals surface area contributed by atoms with E-state index in [1.165, 1.54) is 0 Å².